The third-order valence-electron chi connectivity index (χ3n) is 5.42. The molecular weight excluding hydrogens is 392 g/mol. The molecule has 2 aliphatic rings. The van der Waals surface area contributed by atoms with Gasteiger partial charge < -0.3 is 19.2 Å². The van der Waals surface area contributed by atoms with Crippen LogP contribution < -0.4 is 20.4 Å². The van der Waals surface area contributed by atoms with Crippen LogP contribution in [0.2, 0.25) is 5.02 Å². The number of nitrogens with zero attached hydrogens (tertiary/aromatic N) is 1. The number of nitrogens with one attached hydrogen (secondary N) is 1. The molecule has 0 aliphatic carbocycles. The Morgan fingerprint density at radius 3 is 2.48 bits per heavy atom. The predicted molar refractivity (Wildman–Crippen MR) is 112 cm³/mol. The summed E-state index contributed by atoms with van der Waals surface area (Å²) in [7, 11) is 0. The summed E-state index contributed by atoms with van der Waals surface area (Å²) in [6, 6.07) is 14.8. The number of fused-ring (bicyclic) bond motifs is 2. The minimum atomic E-state index is -0.366. The Labute approximate surface area is 173 Å². The first-order chi connectivity index (χ1) is 14.1. The summed E-state index contributed by atoms with van der Waals surface area (Å²) >= 11 is 6.13. The van der Waals surface area contributed by atoms with Crippen LogP contribution in [0.15, 0.2) is 57.7 Å². The van der Waals surface area contributed by atoms with Gasteiger partial charge in [-0.1, -0.05) is 23.7 Å². The lowest BCUT2D eigenvalue weighted by molar-refractivity contribution is 0.00960. The fourth-order valence-electron chi connectivity index (χ4n) is 3.97. The van der Waals surface area contributed by atoms with Gasteiger partial charge in [-0.3, -0.25) is 4.90 Å². The van der Waals surface area contributed by atoms with Crippen LogP contribution in [0.25, 0.3) is 11.0 Å². The summed E-state index contributed by atoms with van der Waals surface area (Å²) in [4.78, 5) is 14.2. The third kappa shape index (κ3) is 3.91. The smallest absolute Gasteiger partial charge is 0.338 e. The second-order valence-corrected chi connectivity index (χ2v) is 7.89. The number of ether oxygens (including phenoxy) is 2. The molecule has 0 spiro atoms. The van der Waals surface area contributed by atoms with E-state index < -0.39 is 0 Å². The van der Waals surface area contributed by atoms with Crippen LogP contribution in [0.4, 0.5) is 5.69 Å². The quantitative estimate of drug-likeness (QED) is 0.650. The first kappa shape index (κ1) is 18.3. The van der Waals surface area contributed by atoms with Gasteiger partial charge in [0, 0.05) is 35.6 Å². The molecule has 150 valence electrons. The predicted octanol–water partition coefficient (Wildman–Crippen LogP) is 4.12. The normalized spacial score (nSPS) is 17.7. The van der Waals surface area contributed by atoms with Crippen molar-refractivity contribution in [3.63, 3.8) is 0 Å². The molecule has 1 N–H and O–H groups in total. The lowest BCUT2D eigenvalue weighted by Gasteiger charge is -2.33. The minimum Gasteiger partial charge on any atom is -0.450 e. The van der Waals surface area contributed by atoms with Gasteiger partial charge in [-0.05, 0) is 43.2 Å². The van der Waals surface area contributed by atoms with Crippen molar-refractivity contribution in [1.82, 2.24) is 4.90 Å². The Morgan fingerprint density at radius 1 is 1.03 bits per heavy atom. The third-order valence-corrected chi connectivity index (χ3v) is 5.66. The molecule has 29 heavy (non-hydrogen) atoms. The number of likely N-dealkylation sites (tertiary alicyclic amines) is 1. The summed E-state index contributed by atoms with van der Waals surface area (Å²) in [5, 5.41) is 4.95. The molecule has 0 unspecified atom stereocenters. The molecule has 1 aromatic heterocycles. The highest BCUT2D eigenvalue weighted by Gasteiger charge is 2.28. The molecule has 0 saturated carbocycles. The van der Waals surface area contributed by atoms with Crippen LogP contribution in [0.3, 0.4) is 0 Å². The van der Waals surface area contributed by atoms with E-state index in [9.17, 15) is 4.79 Å². The van der Waals surface area contributed by atoms with E-state index >= 15 is 0 Å². The monoisotopic (exact) mass is 412 g/mol. The van der Waals surface area contributed by atoms with Crippen molar-refractivity contribution in [3.05, 3.63) is 64.0 Å². The van der Waals surface area contributed by atoms with Gasteiger partial charge in [0.2, 0.25) is 0 Å². The summed E-state index contributed by atoms with van der Waals surface area (Å²) in [5.74, 6) is 1.62. The maximum atomic E-state index is 11.9. The maximum Gasteiger partial charge on any atom is 0.338 e. The first-order valence-corrected chi connectivity index (χ1v) is 10.2. The van der Waals surface area contributed by atoms with Gasteiger partial charge in [-0.25, -0.2) is 4.79 Å². The van der Waals surface area contributed by atoms with E-state index in [0.717, 1.165) is 55.0 Å². The van der Waals surface area contributed by atoms with E-state index in [2.05, 4.69) is 10.2 Å². The van der Waals surface area contributed by atoms with Gasteiger partial charge in [0.1, 0.15) is 5.58 Å². The van der Waals surface area contributed by atoms with Crippen molar-refractivity contribution in [1.29, 1.82) is 0 Å². The largest absolute Gasteiger partial charge is 0.450 e. The molecule has 0 bridgehead atoms. The summed E-state index contributed by atoms with van der Waals surface area (Å²) in [5.41, 5.74) is 0.946. The average Bonchev–Trinajstić information content (AvgIpc) is 3.12. The number of rotatable bonds is 4. The Kier molecular flexibility index (Phi) is 4.81. The molecule has 3 heterocycles. The molecule has 2 aromatic carbocycles. The number of hydrogen-bond donors (Lipinski definition) is 1. The average molecular weight is 413 g/mol. The van der Waals surface area contributed by atoms with Gasteiger partial charge >= 0.3 is 5.63 Å². The topological polar surface area (TPSA) is 63.9 Å². The Hall–Kier alpha value is -2.70. The SMILES string of the molecule is O=c1cc(NC2CCN(CC3Oc4ccccc4O3)CC2)c2cc(Cl)ccc2o1. The van der Waals surface area contributed by atoms with Crippen molar-refractivity contribution in [2.75, 3.05) is 25.0 Å². The summed E-state index contributed by atoms with van der Waals surface area (Å²) < 4.78 is 17.0. The molecular formula is C22H21ClN2O4. The second-order valence-electron chi connectivity index (χ2n) is 7.45. The van der Waals surface area contributed by atoms with Crippen LogP contribution in [0, 0.1) is 0 Å². The van der Waals surface area contributed by atoms with Gasteiger partial charge in [-0.15, -0.1) is 0 Å². The van der Waals surface area contributed by atoms with Gasteiger partial charge in [0.25, 0.3) is 6.29 Å². The van der Waals surface area contributed by atoms with Crippen molar-refractivity contribution in [3.8, 4) is 11.5 Å². The zero-order valence-electron chi connectivity index (χ0n) is 15.8. The summed E-state index contributed by atoms with van der Waals surface area (Å²) in [6.07, 6.45) is 1.66. The molecule has 1 fully saturated rings. The fraction of sp³-hybridized carbons (Fsp3) is 0.318. The molecule has 5 rings (SSSR count). The number of para-hydroxylation sites is 2. The fourth-order valence-corrected chi connectivity index (χ4v) is 4.14. The molecule has 7 heteroatoms. The molecule has 0 amide bonds. The van der Waals surface area contributed by atoms with Crippen molar-refractivity contribution in [2.24, 2.45) is 0 Å². The van der Waals surface area contributed by atoms with Crippen LogP contribution in [-0.2, 0) is 0 Å². The van der Waals surface area contributed by atoms with E-state index in [-0.39, 0.29) is 18.0 Å². The van der Waals surface area contributed by atoms with E-state index in [4.69, 9.17) is 25.5 Å². The van der Waals surface area contributed by atoms with Crippen LogP contribution in [0.5, 0.6) is 11.5 Å². The zero-order chi connectivity index (χ0) is 19.8. The number of piperidine rings is 1. The minimum absolute atomic E-state index is 0.262. The number of benzene rings is 2. The highest BCUT2D eigenvalue weighted by atomic mass is 35.5. The Bertz CT molecular complexity index is 1070. The van der Waals surface area contributed by atoms with E-state index in [1.807, 2.05) is 30.3 Å². The molecule has 0 radical (unpaired) electrons. The molecule has 2 aliphatic heterocycles. The van der Waals surface area contributed by atoms with Gasteiger partial charge in [-0.2, -0.15) is 0 Å². The standard InChI is InChI=1S/C22H21ClN2O4/c23-14-5-6-18-16(11-14)17(12-21(26)27-18)24-15-7-9-25(10-8-15)13-22-28-19-3-1-2-4-20(19)29-22/h1-6,11-12,15,22,24H,7-10,13H2. The van der Waals surface area contributed by atoms with Crippen LogP contribution in [-0.4, -0.2) is 36.9 Å². The van der Waals surface area contributed by atoms with Gasteiger partial charge in [0.05, 0.1) is 12.2 Å². The highest BCUT2D eigenvalue weighted by molar-refractivity contribution is 6.31. The number of hydrogen-bond acceptors (Lipinski definition) is 6. The summed E-state index contributed by atoms with van der Waals surface area (Å²) in [6.45, 7) is 2.59. The van der Waals surface area contributed by atoms with Crippen molar-refractivity contribution in [2.45, 2.75) is 25.2 Å². The maximum absolute atomic E-state index is 11.9. The molecule has 0 atom stereocenters. The van der Waals surface area contributed by atoms with E-state index in [1.54, 1.807) is 12.1 Å². The molecule has 6 nitrogen and oxygen atoms in total. The van der Waals surface area contributed by atoms with Crippen molar-refractivity contribution < 1.29 is 13.9 Å². The molecule has 3 aromatic rings. The second kappa shape index (κ2) is 7.61. The zero-order valence-corrected chi connectivity index (χ0v) is 16.5. The number of anilines is 1. The van der Waals surface area contributed by atoms with Gasteiger partial charge in [0.15, 0.2) is 11.5 Å². The van der Waals surface area contributed by atoms with Crippen molar-refractivity contribution >= 4 is 28.3 Å². The lowest BCUT2D eigenvalue weighted by atomic mass is 10.0. The van der Waals surface area contributed by atoms with E-state index in [0.29, 0.717) is 10.6 Å². The Morgan fingerprint density at radius 2 is 1.76 bits per heavy atom. The van der Waals surface area contributed by atoms with Crippen LogP contribution >= 0.6 is 11.6 Å². The first-order valence-electron chi connectivity index (χ1n) is 9.79. The number of halogens is 1. The van der Waals surface area contributed by atoms with E-state index in [1.165, 1.54) is 6.07 Å². The molecule has 1 saturated heterocycles. The Balaban J connectivity index is 1.20. The highest BCUT2D eigenvalue weighted by Crippen LogP contribution is 2.34. The lowest BCUT2D eigenvalue weighted by Crippen LogP contribution is -2.44. The van der Waals surface area contributed by atoms with Crippen LogP contribution in [0.1, 0.15) is 12.8 Å².